The summed E-state index contributed by atoms with van der Waals surface area (Å²) in [5, 5.41) is 7.34. The van der Waals surface area contributed by atoms with Gasteiger partial charge in [-0.25, -0.2) is 23.4 Å². The van der Waals surface area contributed by atoms with Crippen molar-refractivity contribution in [3.05, 3.63) is 22.5 Å². The highest BCUT2D eigenvalue weighted by molar-refractivity contribution is 5.93. The van der Waals surface area contributed by atoms with Crippen LogP contribution in [-0.2, 0) is 11.8 Å². The average Bonchev–Trinajstić information content (AvgIpc) is 3.00. The van der Waals surface area contributed by atoms with E-state index in [9.17, 15) is 14.0 Å². The van der Waals surface area contributed by atoms with Crippen LogP contribution >= 0.6 is 0 Å². The summed E-state index contributed by atoms with van der Waals surface area (Å²) in [6.45, 7) is 0. The number of esters is 1. The van der Waals surface area contributed by atoms with E-state index < -0.39 is 23.9 Å². The molecule has 1 fully saturated rings. The molecule has 0 N–H and O–H groups in total. The second-order valence-corrected chi connectivity index (χ2v) is 4.72. The Balaban J connectivity index is 1.89. The molecule has 20 heavy (non-hydrogen) atoms. The second-order valence-electron chi connectivity index (χ2n) is 4.72. The minimum atomic E-state index is -0.932. The van der Waals surface area contributed by atoms with Crippen LogP contribution in [0.2, 0.25) is 0 Å². The number of halogens is 1. The molecule has 2 unspecified atom stereocenters. The van der Waals surface area contributed by atoms with Crippen molar-refractivity contribution in [2.24, 2.45) is 7.05 Å². The molecule has 0 spiro atoms. The maximum atomic E-state index is 13.0. The molecule has 0 aliphatic heterocycles. The van der Waals surface area contributed by atoms with Gasteiger partial charge in [-0.15, -0.1) is 5.10 Å². The van der Waals surface area contributed by atoms with E-state index in [-0.39, 0.29) is 17.8 Å². The Hall–Kier alpha value is -2.32. The lowest BCUT2D eigenvalue weighted by atomic mass is 10.3. The van der Waals surface area contributed by atoms with Crippen LogP contribution in [0.3, 0.4) is 0 Å². The molecule has 0 radical (unpaired) electrons. The number of carbonyl (C=O) groups excluding carboxylic acids is 1. The second kappa shape index (κ2) is 4.66. The van der Waals surface area contributed by atoms with Gasteiger partial charge >= 0.3 is 11.7 Å². The van der Waals surface area contributed by atoms with Gasteiger partial charge in [-0.1, -0.05) is 5.21 Å². The molecule has 2 aromatic rings. The molecule has 0 amide bonds. The fourth-order valence-corrected chi connectivity index (χ4v) is 2.23. The number of aryl methyl sites for hydroxylation is 1. The molecule has 0 bridgehead atoms. The Morgan fingerprint density at radius 1 is 1.50 bits per heavy atom. The van der Waals surface area contributed by atoms with E-state index in [2.05, 4.69) is 15.3 Å². The largest absolute Gasteiger partial charge is 0.457 e. The van der Waals surface area contributed by atoms with E-state index >= 15 is 0 Å². The molecule has 2 aromatic heterocycles. The van der Waals surface area contributed by atoms with Gasteiger partial charge in [0.2, 0.25) is 0 Å². The van der Waals surface area contributed by atoms with Crippen LogP contribution in [0.5, 0.6) is 0 Å². The van der Waals surface area contributed by atoms with E-state index in [0.29, 0.717) is 12.8 Å². The maximum absolute atomic E-state index is 13.0. The van der Waals surface area contributed by atoms with Gasteiger partial charge in [0.05, 0.1) is 0 Å². The first-order chi connectivity index (χ1) is 9.56. The third kappa shape index (κ3) is 2.04. The maximum Gasteiger partial charge on any atom is 0.361 e. The number of imidazole rings is 1. The summed E-state index contributed by atoms with van der Waals surface area (Å²) < 4.78 is 20.3. The third-order valence-electron chi connectivity index (χ3n) is 3.29. The SMILES string of the molecule is Cn1nnc2c(C(=O)OC3CCC(F)C3)ncn2c1=O. The topological polar surface area (TPSA) is 91.4 Å². The van der Waals surface area contributed by atoms with Crippen molar-refractivity contribution < 1.29 is 13.9 Å². The monoisotopic (exact) mass is 281 g/mol. The average molecular weight is 281 g/mol. The quantitative estimate of drug-likeness (QED) is 0.712. The molecule has 1 saturated carbocycles. The summed E-state index contributed by atoms with van der Waals surface area (Å²) in [6.07, 6.45) is 0.891. The summed E-state index contributed by atoms with van der Waals surface area (Å²) in [6, 6.07) is 0. The zero-order valence-corrected chi connectivity index (χ0v) is 10.7. The van der Waals surface area contributed by atoms with Crippen molar-refractivity contribution in [1.29, 1.82) is 0 Å². The summed E-state index contributed by atoms with van der Waals surface area (Å²) in [4.78, 5) is 27.6. The van der Waals surface area contributed by atoms with E-state index in [1.807, 2.05) is 0 Å². The van der Waals surface area contributed by atoms with Crippen molar-refractivity contribution >= 4 is 11.6 Å². The fraction of sp³-hybridized carbons (Fsp3) is 0.545. The Morgan fingerprint density at radius 2 is 2.30 bits per heavy atom. The molecule has 2 atom stereocenters. The van der Waals surface area contributed by atoms with Crippen LogP contribution in [0, 0.1) is 0 Å². The van der Waals surface area contributed by atoms with Crippen LogP contribution < -0.4 is 5.69 Å². The van der Waals surface area contributed by atoms with Crippen LogP contribution in [0.4, 0.5) is 4.39 Å². The Morgan fingerprint density at radius 3 is 3.00 bits per heavy atom. The predicted molar refractivity (Wildman–Crippen MR) is 64.0 cm³/mol. The highest BCUT2D eigenvalue weighted by Crippen LogP contribution is 2.25. The molecule has 9 heteroatoms. The Bertz CT molecular complexity index is 724. The lowest BCUT2D eigenvalue weighted by Crippen LogP contribution is -2.27. The molecule has 2 heterocycles. The molecule has 1 aliphatic rings. The van der Waals surface area contributed by atoms with Gasteiger partial charge in [0.1, 0.15) is 18.6 Å². The van der Waals surface area contributed by atoms with Crippen LogP contribution in [0.1, 0.15) is 29.8 Å². The number of ether oxygens (including phenoxy) is 1. The zero-order valence-electron chi connectivity index (χ0n) is 10.7. The molecule has 0 saturated heterocycles. The van der Waals surface area contributed by atoms with Gasteiger partial charge in [-0.05, 0) is 12.8 Å². The van der Waals surface area contributed by atoms with Crippen molar-refractivity contribution in [2.45, 2.75) is 31.5 Å². The van der Waals surface area contributed by atoms with E-state index in [1.54, 1.807) is 0 Å². The van der Waals surface area contributed by atoms with Crippen molar-refractivity contribution in [3.8, 4) is 0 Å². The van der Waals surface area contributed by atoms with Crippen LogP contribution in [0.15, 0.2) is 11.1 Å². The Kier molecular flexibility index (Phi) is 2.96. The first kappa shape index (κ1) is 12.7. The molecule has 0 aromatic carbocycles. The number of aromatic nitrogens is 5. The molecule has 1 aliphatic carbocycles. The zero-order chi connectivity index (χ0) is 14.3. The van der Waals surface area contributed by atoms with Gasteiger partial charge in [-0.3, -0.25) is 0 Å². The van der Waals surface area contributed by atoms with Crippen molar-refractivity contribution in [2.75, 3.05) is 0 Å². The number of hydrogen-bond donors (Lipinski definition) is 0. The lowest BCUT2D eigenvalue weighted by Gasteiger charge is -2.09. The highest BCUT2D eigenvalue weighted by atomic mass is 19.1. The van der Waals surface area contributed by atoms with Crippen LogP contribution in [-0.4, -0.2) is 42.6 Å². The predicted octanol–water partition coefficient (Wildman–Crippen LogP) is -0.130. The fourth-order valence-electron chi connectivity index (χ4n) is 2.23. The molecular formula is C11H12FN5O3. The minimum absolute atomic E-state index is 0.0351. The summed E-state index contributed by atoms with van der Waals surface area (Å²) in [5.74, 6) is -0.714. The van der Waals surface area contributed by atoms with E-state index in [0.717, 1.165) is 9.08 Å². The van der Waals surface area contributed by atoms with Crippen molar-refractivity contribution in [1.82, 2.24) is 24.4 Å². The van der Waals surface area contributed by atoms with Crippen LogP contribution in [0.25, 0.3) is 5.65 Å². The smallest absolute Gasteiger partial charge is 0.361 e. The first-order valence-electron chi connectivity index (χ1n) is 6.18. The Labute approximate surface area is 112 Å². The lowest BCUT2D eigenvalue weighted by molar-refractivity contribution is 0.0301. The van der Waals surface area contributed by atoms with Gasteiger partial charge in [0.15, 0.2) is 11.3 Å². The summed E-state index contributed by atoms with van der Waals surface area (Å²) >= 11 is 0. The number of carbonyl (C=O) groups is 1. The number of nitrogens with zero attached hydrogens (tertiary/aromatic N) is 5. The van der Waals surface area contributed by atoms with Gasteiger partial charge in [-0.2, -0.15) is 4.68 Å². The number of hydrogen-bond acceptors (Lipinski definition) is 6. The third-order valence-corrected chi connectivity index (χ3v) is 3.29. The van der Waals surface area contributed by atoms with Gasteiger partial charge in [0.25, 0.3) is 0 Å². The van der Waals surface area contributed by atoms with E-state index in [1.165, 1.54) is 13.4 Å². The highest BCUT2D eigenvalue weighted by Gasteiger charge is 2.29. The van der Waals surface area contributed by atoms with E-state index in [4.69, 9.17) is 4.74 Å². The summed E-state index contributed by atoms with van der Waals surface area (Å²) in [7, 11) is 1.44. The van der Waals surface area contributed by atoms with Crippen molar-refractivity contribution in [3.63, 3.8) is 0 Å². The number of rotatable bonds is 2. The minimum Gasteiger partial charge on any atom is -0.457 e. The molecule has 106 valence electrons. The molecule has 3 rings (SSSR count). The van der Waals surface area contributed by atoms with Gasteiger partial charge < -0.3 is 4.74 Å². The number of fused-ring (bicyclic) bond motifs is 1. The van der Waals surface area contributed by atoms with Gasteiger partial charge in [0, 0.05) is 13.5 Å². The molecular weight excluding hydrogens is 269 g/mol. The number of alkyl halides is 1. The standard InChI is InChI=1S/C11H12FN5O3/c1-16-11(19)17-5-13-8(9(17)14-15-16)10(18)20-7-3-2-6(12)4-7/h5-7H,2-4H2,1H3. The normalized spacial score (nSPS) is 22.3. The summed E-state index contributed by atoms with van der Waals surface area (Å²) in [5.41, 5.74) is -0.517. The molecule has 8 nitrogen and oxygen atoms in total. The first-order valence-corrected chi connectivity index (χ1v) is 6.18.